The van der Waals surface area contributed by atoms with E-state index in [1.807, 2.05) is 25.1 Å². The highest BCUT2D eigenvalue weighted by Crippen LogP contribution is 2.27. The third kappa shape index (κ3) is 3.81. The second-order valence-corrected chi connectivity index (χ2v) is 4.26. The molecule has 3 nitrogen and oxygen atoms in total. The molecule has 1 atom stereocenters. The lowest BCUT2D eigenvalue weighted by Crippen LogP contribution is -2.05. The Morgan fingerprint density at radius 1 is 1.53 bits per heavy atom. The molecule has 0 aliphatic rings. The lowest BCUT2D eigenvalue weighted by Gasteiger charge is -2.10. The van der Waals surface area contributed by atoms with E-state index in [2.05, 4.69) is 15.9 Å². The zero-order valence-electron chi connectivity index (χ0n) is 8.74. The van der Waals surface area contributed by atoms with E-state index in [1.165, 1.54) is 0 Å². The van der Waals surface area contributed by atoms with Crippen molar-refractivity contribution in [1.29, 1.82) is 0 Å². The van der Waals surface area contributed by atoms with Crippen molar-refractivity contribution in [2.45, 2.75) is 19.4 Å². The van der Waals surface area contributed by atoms with Crippen molar-refractivity contribution >= 4 is 15.9 Å². The normalized spacial score (nSPS) is 12.5. The number of halogens is 1. The monoisotopic (exact) mass is 273 g/mol. The SMILES string of the molecule is C[C@H](N)c1ccc(OCCCO)c(Br)c1. The Hall–Kier alpha value is -0.580. The fourth-order valence-corrected chi connectivity index (χ4v) is 1.68. The second-order valence-electron chi connectivity index (χ2n) is 3.40. The summed E-state index contributed by atoms with van der Waals surface area (Å²) in [6.45, 7) is 2.61. The molecule has 84 valence electrons. The number of rotatable bonds is 5. The van der Waals surface area contributed by atoms with E-state index in [0.717, 1.165) is 15.8 Å². The van der Waals surface area contributed by atoms with Crippen LogP contribution in [0.15, 0.2) is 22.7 Å². The van der Waals surface area contributed by atoms with E-state index < -0.39 is 0 Å². The Morgan fingerprint density at radius 2 is 2.27 bits per heavy atom. The molecular weight excluding hydrogens is 258 g/mol. The van der Waals surface area contributed by atoms with Crippen LogP contribution in [-0.2, 0) is 0 Å². The van der Waals surface area contributed by atoms with Crippen LogP contribution in [0.1, 0.15) is 24.9 Å². The summed E-state index contributed by atoms with van der Waals surface area (Å²) >= 11 is 3.42. The van der Waals surface area contributed by atoms with Gasteiger partial charge in [0.05, 0.1) is 11.1 Å². The van der Waals surface area contributed by atoms with Crippen LogP contribution < -0.4 is 10.5 Å². The van der Waals surface area contributed by atoms with Gasteiger partial charge in [-0.2, -0.15) is 0 Å². The van der Waals surface area contributed by atoms with Crippen LogP contribution in [0.25, 0.3) is 0 Å². The minimum Gasteiger partial charge on any atom is -0.492 e. The molecule has 0 radical (unpaired) electrons. The van der Waals surface area contributed by atoms with E-state index in [0.29, 0.717) is 13.0 Å². The molecule has 1 rings (SSSR count). The molecule has 0 aliphatic carbocycles. The molecular formula is C11H16BrNO2. The molecule has 0 saturated heterocycles. The molecule has 0 spiro atoms. The molecule has 0 heterocycles. The first-order valence-corrected chi connectivity index (χ1v) is 5.73. The smallest absolute Gasteiger partial charge is 0.133 e. The summed E-state index contributed by atoms with van der Waals surface area (Å²) in [4.78, 5) is 0. The average molecular weight is 274 g/mol. The Labute approximate surface area is 98.4 Å². The zero-order chi connectivity index (χ0) is 11.3. The number of nitrogens with two attached hydrogens (primary N) is 1. The molecule has 0 saturated carbocycles. The molecule has 0 aliphatic heterocycles. The maximum atomic E-state index is 8.62. The quantitative estimate of drug-likeness (QED) is 0.809. The number of aliphatic hydroxyl groups is 1. The number of ether oxygens (including phenoxy) is 1. The zero-order valence-corrected chi connectivity index (χ0v) is 10.3. The van der Waals surface area contributed by atoms with Gasteiger partial charge in [-0.3, -0.25) is 0 Å². The van der Waals surface area contributed by atoms with Gasteiger partial charge in [0, 0.05) is 19.1 Å². The van der Waals surface area contributed by atoms with Gasteiger partial charge in [0.1, 0.15) is 5.75 Å². The van der Waals surface area contributed by atoms with Crippen LogP contribution in [0.4, 0.5) is 0 Å². The Bertz CT molecular complexity index is 315. The van der Waals surface area contributed by atoms with E-state index in [9.17, 15) is 0 Å². The fraction of sp³-hybridized carbons (Fsp3) is 0.455. The third-order valence-electron chi connectivity index (χ3n) is 2.04. The van der Waals surface area contributed by atoms with Gasteiger partial charge in [-0.05, 0) is 40.5 Å². The number of hydrogen-bond donors (Lipinski definition) is 2. The molecule has 4 heteroatoms. The Kier molecular flexibility index (Phi) is 5.08. The number of aliphatic hydroxyl groups excluding tert-OH is 1. The van der Waals surface area contributed by atoms with Crippen molar-refractivity contribution < 1.29 is 9.84 Å². The molecule has 3 N–H and O–H groups in total. The van der Waals surface area contributed by atoms with Crippen LogP contribution in [-0.4, -0.2) is 18.3 Å². The van der Waals surface area contributed by atoms with Crippen molar-refractivity contribution in [2.75, 3.05) is 13.2 Å². The first-order chi connectivity index (χ1) is 7.15. The van der Waals surface area contributed by atoms with E-state index in [-0.39, 0.29) is 12.6 Å². The maximum absolute atomic E-state index is 8.62. The second kappa shape index (κ2) is 6.10. The first kappa shape index (κ1) is 12.5. The molecule has 1 aromatic carbocycles. The first-order valence-electron chi connectivity index (χ1n) is 4.94. The summed E-state index contributed by atoms with van der Waals surface area (Å²) in [6.07, 6.45) is 0.640. The minimum atomic E-state index is 0.0211. The summed E-state index contributed by atoms with van der Waals surface area (Å²) in [5.41, 5.74) is 6.83. The highest BCUT2D eigenvalue weighted by Gasteiger charge is 2.05. The van der Waals surface area contributed by atoms with Gasteiger partial charge in [-0.15, -0.1) is 0 Å². The van der Waals surface area contributed by atoms with Gasteiger partial charge >= 0.3 is 0 Å². The van der Waals surface area contributed by atoms with Crippen LogP contribution in [0.2, 0.25) is 0 Å². The summed E-state index contributed by atoms with van der Waals surface area (Å²) in [5.74, 6) is 0.785. The Balaban J connectivity index is 2.66. The fourth-order valence-electron chi connectivity index (χ4n) is 1.16. The van der Waals surface area contributed by atoms with Gasteiger partial charge < -0.3 is 15.6 Å². The van der Waals surface area contributed by atoms with Gasteiger partial charge in [0.25, 0.3) is 0 Å². The van der Waals surface area contributed by atoms with Gasteiger partial charge in [0.15, 0.2) is 0 Å². The van der Waals surface area contributed by atoms with Crippen LogP contribution in [0.5, 0.6) is 5.75 Å². The lowest BCUT2D eigenvalue weighted by molar-refractivity contribution is 0.233. The molecule has 0 unspecified atom stereocenters. The summed E-state index contributed by atoms with van der Waals surface area (Å²) in [6, 6.07) is 5.82. The van der Waals surface area contributed by atoms with E-state index >= 15 is 0 Å². The molecule has 1 aromatic rings. The topological polar surface area (TPSA) is 55.5 Å². The van der Waals surface area contributed by atoms with E-state index in [4.69, 9.17) is 15.6 Å². The standard InChI is InChI=1S/C11H16BrNO2/c1-8(13)9-3-4-11(10(12)7-9)15-6-2-5-14/h3-4,7-8,14H,2,5-6,13H2,1H3/t8-/m0/s1. The highest BCUT2D eigenvalue weighted by molar-refractivity contribution is 9.10. The minimum absolute atomic E-state index is 0.0211. The van der Waals surface area contributed by atoms with E-state index in [1.54, 1.807) is 0 Å². The van der Waals surface area contributed by atoms with Crippen molar-refractivity contribution in [2.24, 2.45) is 5.73 Å². The third-order valence-corrected chi connectivity index (χ3v) is 2.66. The van der Waals surface area contributed by atoms with Crippen LogP contribution in [0, 0.1) is 0 Å². The maximum Gasteiger partial charge on any atom is 0.133 e. The Morgan fingerprint density at radius 3 is 2.80 bits per heavy atom. The predicted octanol–water partition coefficient (Wildman–Crippen LogP) is 2.23. The van der Waals surface area contributed by atoms with Crippen LogP contribution in [0.3, 0.4) is 0 Å². The number of hydrogen-bond acceptors (Lipinski definition) is 3. The molecule has 0 fully saturated rings. The molecule has 0 aromatic heterocycles. The van der Waals surface area contributed by atoms with Gasteiger partial charge in [0.2, 0.25) is 0 Å². The lowest BCUT2D eigenvalue weighted by atomic mass is 10.1. The van der Waals surface area contributed by atoms with Crippen LogP contribution >= 0.6 is 15.9 Å². The van der Waals surface area contributed by atoms with Crippen molar-refractivity contribution in [3.05, 3.63) is 28.2 Å². The van der Waals surface area contributed by atoms with Crippen molar-refractivity contribution in [3.8, 4) is 5.75 Å². The van der Waals surface area contributed by atoms with Gasteiger partial charge in [-0.1, -0.05) is 6.07 Å². The van der Waals surface area contributed by atoms with Gasteiger partial charge in [-0.25, -0.2) is 0 Å². The summed E-state index contributed by atoms with van der Waals surface area (Å²) in [7, 11) is 0. The van der Waals surface area contributed by atoms with Crippen molar-refractivity contribution in [3.63, 3.8) is 0 Å². The highest BCUT2D eigenvalue weighted by atomic mass is 79.9. The summed E-state index contributed by atoms with van der Waals surface area (Å²) < 4.78 is 6.36. The number of benzene rings is 1. The largest absolute Gasteiger partial charge is 0.492 e. The predicted molar refractivity (Wildman–Crippen MR) is 63.9 cm³/mol. The van der Waals surface area contributed by atoms with Crippen molar-refractivity contribution in [1.82, 2.24) is 0 Å². The average Bonchev–Trinajstić information content (AvgIpc) is 2.20. The molecule has 0 bridgehead atoms. The molecule has 0 amide bonds. The molecule has 15 heavy (non-hydrogen) atoms. The summed E-state index contributed by atoms with van der Waals surface area (Å²) in [5, 5.41) is 8.62.